The highest BCUT2D eigenvalue weighted by molar-refractivity contribution is 6.15. The fraction of sp³-hybridized carbons (Fsp3) is 0.192. The summed E-state index contributed by atoms with van der Waals surface area (Å²) >= 11 is 0. The van der Waals surface area contributed by atoms with Crippen molar-refractivity contribution >= 4 is 33.5 Å². The second-order valence-electron chi connectivity index (χ2n) is 7.93. The van der Waals surface area contributed by atoms with E-state index in [1.54, 1.807) is 72.8 Å². The van der Waals surface area contributed by atoms with Gasteiger partial charge in [-0.25, -0.2) is 4.99 Å². The number of pyridine rings is 1. The minimum atomic E-state index is -5.15. The SMILES string of the molecule is COC(=O)C(C1=NC(c2ccccc2)CO1)(c1nc2ccccc2c2ccccc12)C(F)(F)F. The maximum Gasteiger partial charge on any atom is 0.419 e. The monoisotopic (exact) mass is 464 g/mol. The van der Waals surface area contributed by atoms with Gasteiger partial charge in [0.05, 0.1) is 18.3 Å². The van der Waals surface area contributed by atoms with Crippen molar-refractivity contribution in [3.05, 3.63) is 90.1 Å². The lowest BCUT2D eigenvalue weighted by Crippen LogP contribution is -2.56. The number of esters is 1. The van der Waals surface area contributed by atoms with E-state index in [1.807, 2.05) is 0 Å². The highest BCUT2D eigenvalue weighted by Gasteiger charge is 2.70. The number of aliphatic imine (C=N–C) groups is 1. The van der Waals surface area contributed by atoms with Crippen molar-refractivity contribution in [2.24, 2.45) is 4.99 Å². The quantitative estimate of drug-likeness (QED) is 0.294. The molecular weight excluding hydrogens is 445 g/mol. The molecule has 5 nitrogen and oxygen atoms in total. The number of rotatable bonds is 4. The van der Waals surface area contributed by atoms with Crippen molar-refractivity contribution in [3.8, 4) is 0 Å². The predicted molar refractivity (Wildman–Crippen MR) is 122 cm³/mol. The summed E-state index contributed by atoms with van der Waals surface area (Å²) in [5.41, 5.74) is -2.87. The van der Waals surface area contributed by atoms with Crippen molar-refractivity contribution in [1.82, 2.24) is 4.98 Å². The van der Waals surface area contributed by atoms with Crippen LogP contribution in [-0.2, 0) is 19.7 Å². The lowest BCUT2D eigenvalue weighted by molar-refractivity contribution is -0.195. The van der Waals surface area contributed by atoms with Crippen molar-refractivity contribution < 1.29 is 27.4 Å². The van der Waals surface area contributed by atoms with Gasteiger partial charge in [-0.05, 0) is 17.0 Å². The number of carbonyl (C=O) groups is 1. The minimum absolute atomic E-state index is 0.139. The molecule has 2 heterocycles. The lowest BCUT2D eigenvalue weighted by atomic mass is 9.79. The molecule has 5 rings (SSSR count). The molecule has 0 spiro atoms. The van der Waals surface area contributed by atoms with E-state index in [0.29, 0.717) is 21.9 Å². The Hall–Kier alpha value is -3.94. The van der Waals surface area contributed by atoms with E-state index in [1.165, 1.54) is 6.07 Å². The van der Waals surface area contributed by atoms with Gasteiger partial charge in [0.2, 0.25) is 5.90 Å². The average molecular weight is 464 g/mol. The van der Waals surface area contributed by atoms with Gasteiger partial charge in [0.25, 0.3) is 5.41 Å². The summed E-state index contributed by atoms with van der Waals surface area (Å²) in [6, 6.07) is 21.5. The Morgan fingerprint density at radius 2 is 1.53 bits per heavy atom. The van der Waals surface area contributed by atoms with Gasteiger partial charge in [0.15, 0.2) is 0 Å². The standard InChI is InChI=1S/C26H19F3N2O3/c1-33-24(32)25(26(27,28)29,23-31-21(15-34-23)16-9-3-2-4-10-16)22-19-13-6-5-11-17(19)18-12-7-8-14-20(18)30-22/h2-14,21H,15H2,1H3. The van der Waals surface area contributed by atoms with E-state index < -0.39 is 35.2 Å². The first kappa shape index (κ1) is 21.9. The van der Waals surface area contributed by atoms with Crippen LogP contribution in [0.4, 0.5) is 13.2 Å². The number of methoxy groups -OCH3 is 1. The number of nitrogens with zero attached hydrogens (tertiary/aromatic N) is 2. The summed E-state index contributed by atoms with van der Waals surface area (Å²) in [4.78, 5) is 21.8. The fourth-order valence-electron chi connectivity index (χ4n) is 4.42. The largest absolute Gasteiger partial charge is 0.477 e. The second kappa shape index (κ2) is 8.13. The van der Waals surface area contributed by atoms with Crippen LogP contribution < -0.4 is 0 Å². The summed E-state index contributed by atoms with van der Waals surface area (Å²) in [6.07, 6.45) is -5.15. The highest BCUT2D eigenvalue weighted by atomic mass is 19.4. The summed E-state index contributed by atoms with van der Waals surface area (Å²) in [6.45, 7) is -0.139. The first-order valence-corrected chi connectivity index (χ1v) is 10.6. The van der Waals surface area contributed by atoms with Crippen molar-refractivity contribution in [2.75, 3.05) is 13.7 Å². The lowest BCUT2D eigenvalue weighted by Gasteiger charge is -2.32. The van der Waals surface area contributed by atoms with E-state index in [4.69, 9.17) is 9.47 Å². The maximum atomic E-state index is 15.1. The van der Waals surface area contributed by atoms with Crippen LogP contribution in [0, 0.1) is 0 Å². The summed E-state index contributed by atoms with van der Waals surface area (Å²) in [7, 11) is 0.913. The Balaban J connectivity index is 1.85. The molecule has 0 fully saturated rings. The van der Waals surface area contributed by atoms with Gasteiger partial charge >= 0.3 is 12.1 Å². The zero-order valence-corrected chi connectivity index (χ0v) is 18.0. The zero-order valence-electron chi connectivity index (χ0n) is 18.0. The molecule has 0 bridgehead atoms. The number of alkyl halides is 3. The van der Waals surface area contributed by atoms with E-state index in [-0.39, 0.29) is 12.0 Å². The molecule has 2 unspecified atom stereocenters. The third-order valence-corrected chi connectivity index (χ3v) is 6.04. The summed E-state index contributed by atoms with van der Waals surface area (Å²) in [5.74, 6) is -2.32. The van der Waals surface area contributed by atoms with Gasteiger partial charge in [-0.2, -0.15) is 13.2 Å². The number of aromatic nitrogens is 1. The van der Waals surface area contributed by atoms with Gasteiger partial charge in [0, 0.05) is 10.8 Å². The maximum absolute atomic E-state index is 15.1. The number of halogens is 3. The molecule has 1 aliphatic heterocycles. The van der Waals surface area contributed by atoms with Gasteiger partial charge < -0.3 is 9.47 Å². The third kappa shape index (κ3) is 3.21. The Kier molecular flexibility index (Phi) is 5.23. The molecule has 172 valence electrons. The van der Waals surface area contributed by atoms with Crippen LogP contribution in [0.15, 0.2) is 83.9 Å². The molecule has 2 atom stereocenters. The van der Waals surface area contributed by atoms with Crippen LogP contribution >= 0.6 is 0 Å². The fourth-order valence-corrected chi connectivity index (χ4v) is 4.42. The van der Waals surface area contributed by atoms with Crippen molar-refractivity contribution in [1.29, 1.82) is 0 Å². The number of hydrogen-bond acceptors (Lipinski definition) is 5. The first-order chi connectivity index (χ1) is 16.4. The molecule has 1 aromatic heterocycles. The molecule has 8 heteroatoms. The smallest absolute Gasteiger partial charge is 0.419 e. The van der Waals surface area contributed by atoms with Crippen LogP contribution in [0.3, 0.4) is 0 Å². The molecule has 0 saturated heterocycles. The molecule has 0 amide bonds. The second-order valence-corrected chi connectivity index (χ2v) is 7.93. The van der Waals surface area contributed by atoms with Gasteiger partial charge in [-0.15, -0.1) is 0 Å². The Bertz CT molecular complexity index is 1420. The molecule has 0 aliphatic carbocycles. The first-order valence-electron chi connectivity index (χ1n) is 10.6. The Labute approximate surface area is 192 Å². The highest BCUT2D eigenvalue weighted by Crippen LogP contribution is 2.48. The van der Waals surface area contributed by atoms with E-state index in [2.05, 4.69) is 9.98 Å². The topological polar surface area (TPSA) is 60.8 Å². The zero-order chi connectivity index (χ0) is 23.9. The Morgan fingerprint density at radius 1 is 0.912 bits per heavy atom. The Morgan fingerprint density at radius 3 is 2.21 bits per heavy atom. The minimum Gasteiger partial charge on any atom is -0.477 e. The van der Waals surface area contributed by atoms with Crippen LogP contribution in [0.2, 0.25) is 0 Å². The normalized spacial score (nSPS) is 17.8. The molecule has 0 saturated carbocycles. The molecule has 0 N–H and O–H groups in total. The van der Waals surface area contributed by atoms with Gasteiger partial charge in [0.1, 0.15) is 12.6 Å². The number of fused-ring (bicyclic) bond motifs is 3. The van der Waals surface area contributed by atoms with Crippen molar-refractivity contribution in [3.63, 3.8) is 0 Å². The van der Waals surface area contributed by atoms with Crippen LogP contribution in [0.25, 0.3) is 21.7 Å². The molecule has 1 aliphatic rings. The number of para-hydroxylation sites is 1. The molecule has 34 heavy (non-hydrogen) atoms. The van der Waals surface area contributed by atoms with Crippen molar-refractivity contribution in [2.45, 2.75) is 17.6 Å². The van der Waals surface area contributed by atoms with Crippen LogP contribution in [0.1, 0.15) is 17.3 Å². The number of benzene rings is 3. The van der Waals surface area contributed by atoms with E-state index in [0.717, 1.165) is 7.11 Å². The third-order valence-electron chi connectivity index (χ3n) is 6.04. The van der Waals surface area contributed by atoms with E-state index in [9.17, 15) is 4.79 Å². The van der Waals surface area contributed by atoms with Gasteiger partial charge in [-0.1, -0.05) is 72.8 Å². The van der Waals surface area contributed by atoms with Gasteiger partial charge in [-0.3, -0.25) is 9.78 Å². The molecule has 4 aromatic rings. The molecule has 3 aromatic carbocycles. The number of hydrogen-bond donors (Lipinski definition) is 0. The van der Waals surface area contributed by atoms with E-state index >= 15 is 13.2 Å². The molecule has 0 radical (unpaired) electrons. The van der Waals surface area contributed by atoms with Crippen LogP contribution in [0.5, 0.6) is 0 Å². The number of carbonyl (C=O) groups excluding carboxylic acids is 1. The summed E-state index contributed by atoms with van der Waals surface area (Å²) < 4.78 is 55.6. The molecular formula is C26H19F3N2O3. The number of ether oxygens (including phenoxy) is 2. The van der Waals surface area contributed by atoms with Crippen LogP contribution in [-0.4, -0.2) is 36.7 Å². The summed E-state index contributed by atoms with van der Waals surface area (Å²) in [5, 5.41) is 1.36. The average Bonchev–Trinajstić information content (AvgIpc) is 3.34. The predicted octanol–water partition coefficient (Wildman–Crippen LogP) is 5.53.